The highest BCUT2D eigenvalue weighted by Crippen LogP contribution is 2.17. The molecule has 1 aliphatic rings. The summed E-state index contributed by atoms with van der Waals surface area (Å²) in [5, 5.41) is 29.7. The lowest BCUT2D eigenvalue weighted by molar-refractivity contribution is -0.140. The summed E-state index contributed by atoms with van der Waals surface area (Å²) in [5.41, 5.74) is 0. The van der Waals surface area contributed by atoms with Crippen LogP contribution in [-0.4, -0.2) is 63.4 Å². The number of hydrogen-bond donors (Lipinski definition) is 4. The van der Waals surface area contributed by atoms with Gasteiger partial charge in [0, 0.05) is 19.5 Å². The molecule has 4 N–H and O–H groups in total. The van der Waals surface area contributed by atoms with E-state index in [4.69, 9.17) is 10.2 Å². The van der Waals surface area contributed by atoms with Crippen LogP contribution in [0.5, 0.6) is 0 Å². The number of carboxylic acid groups (broad SMARTS) is 2. The Morgan fingerprint density at radius 1 is 1.33 bits per heavy atom. The number of carboxylic acids is 2. The van der Waals surface area contributed by atoms with E-state index in [-0.39, 0.29) is 31.7 Å². The zero-order valence-electron chi connectivity index (χ0n) is 12.0. The molecule has 0 aromatic heterocycles. The fourth-order valence-corrected chi connectivity index (χ4v) is 2.19. The number of β-amino-alcohol motifs (C(OH)–C–C–N with tert-alkyl or cyclic N) is 1. The largest absolute Gasteiger partial charge is 0.481 e. The molecule has 0 radical (unpaired) electrons. The van der Waals surface area contributed by atoms with E-state index in [0.29, 0.717) is 13.0 Å². The van der Waals surface area contributed by atoms with Gasteiger partial charge >= 0.3 is 18.0 Å². The van der Waals surface area contributed by atoms with Crippen molar-refractivity contribution in [1.82, 2.24) is 10.2 Å². The first-order valence-corrected chi connectivity index (χ1v) is 6.99. The van der Waals surface area contributed by atoms with Gasteiger partial charge in [0.15, 0.2) is 0 Å². The molecule has 0 bridgehead atoms. The third kappa shape index (κ3) is 5.58. The van der Waals surface area contributed by atoms with Crippen LogP contribution in [-0.2, 0) is 9.59 Å². The van der Waals surface area contributed by atoms with Gasteiger partial charge in [0.25, 0.3) is 0 Å². The van der Waals surface area contributed by atoms with Crippen LogP contribution < -0.4 is 5.32 Å². The van der Waals surface area contributed by atoms with Gasteiger partial charge in [-0.15, -0.1) is 0 Å². The Morgan fingerprint density at radius 3 is 2.52 bits per heavy atom. The summed E-state index contributed by atoms with van der Waals surface area (Å²) in [6, 6.07) is -1.66. The molecule has 120 valence electrons. The minimum atomic E-state index is -1.19. The molecule has 8 nitrogen and oxygen atoms in total. The molecule has 0 saturated carbocycles. The van der Waals surface area contributed by atoms with Crippen molar-refractivity contribution in [2.45, 2.75) is 44.8 Å². The number of aliphatic hydroxyl groups is 1. The molecule has 1 heterocycles. The van der Waals surface area contributed by atoms with Crippen molar-refractivity contribution >= 4 is 18.0 Å². The molecule has 1 saturated heterocycles. The van der Waals surface area contributed by atoms with E-state index in [2.05, 4.69) is 5.32 Å². The maximum absolute atomic E-state index is 12.0. The molecule has 0 spiro atoms. The zero-order valence-corrected chi connectivity index (χ0v) is 12.0. The van der Waals surface area contributed by atoms with E-state index in [1.807, 2.05) is 6.92 Å². The van der Waals surface area contributed by atoms with Gasteiger partial charge in [0.05, 0.1) is 6.10 Å². The van der Waals surface area contributed by atoms with Crippen molar-refractivity contribution < 1.29 is 29.7 Å². The number of carbonyl (C=O) groups excluding carboxylic acids is 1. The number of nitrogens with zero attached hydrogens (tertiary/aromatic N) is 1. The third-order valence-electron chi connectivity index (χ3n) is 3.69. The van der Waals surface area contributed by atoms with Crippen molar-refractivity contribution in [2.24, 2.45) is 5.92 Å². The van der Waals surface area contributed by atoms with Crippen LogP contribution in [0, 0.1) is 5.92 Å². The number of aliphatic hydroxyl groups excluding tert-OH is 1. The number of piperidine rings is 1. The van der Waals surface area contributed by atoms with E-state index in [9.17, 15) is 19.5 Å². The second-order valence-corrected chi connectivity index (χ2v) is 5.41. The first-order valence-electron chi connectivity index (χ1n) is 6.99. The number of aliphatic carboxylic acids is 2. The Balaban J connectivity index is 2.48. The van der Waals surface area contributed by atoms with Gasteiger partial charge in [0.1, 0.15) is 6.04 Å². The number of urea groups is 1. The Morgan fingerprint density at radius 2 is 2.00 bits per heavy atom. The van der Waals surface area contributed by atoms with E-state index in [0.717, 1.165) is 0 Å². The molecule has 0 aliphatic carbocycles. The molecule has 0 aromatic carbocycles. The number of amides is 2. The molecular formula is C13H22N2O6. The van der Waals surface area contributed by atoms with Crippen LogP contribution in [0.3, 0.4) is 0 Å². The number of hydrogen-bond acceptors (Lipinski definition) is 4. The van der Waals surface area contributed by atoms with Gasteiger partial charge in [-0.25, -0.2) is 9.59 Å². The molecule has 2 unspecified atom stereocenters. The van der Waals surface area contributed by atoms with Crippen LogP contribution in [0.2, 0.25) is 0 Å². The maximum Gasteiger partial charge on any atom is 0.326 e. The van der Waals surface area contributed by atoms with Crippen molar-refractivity contribution in [2.75, 3.05) is 13.1 Å². The molecule has 1 rings (SSSR count). The highest BCUT2D eigenvalue weighted by atomic mass is 16.4. The van der Waals surface area contributed by atoms with Gasteiger partial charge in [-0.2, -0.15) is 0 Å². The van der Waals surface area contributed by atoms with Crippen LogP contribution >= 0.6 is 0 Å². The second kappa shape index (κ2) is 7.82. The van der Waals surface area contributed by atoms with E-state index in [1.54, 1.807) is 0 Å². The lowest BCUT2D eigenvalue weighted by Crippen LogP contribution is -2.53. The normalized spacial score (nSPS) is 23.4. The van der Waals surface area contributed by atoms with Crippen molar-refractivity contribution in [3.8, 4) is 0 Å². The monoisotopic (exact) mass is 302 g/mol. The summed E-state index contributed by atoms with van der Waals surface area (Å²) in [6.45, 7) is 2.53. The number of carbonyl (C=O) groups is 3. The molecule has 3 atom stereocenters. The average molecular weight is 302 g/mol. The molecular weight excluding hydrogens is 280 g/mol. The smallest absolute Gasteiger partial charge is 0.326 e. The van der Waals surface area contributed by atoms with Crippen LogP contribution in [0.25, 0.3) is 0 Å². The summed E-state index contributed by atoms with van der Waals surface area (Å²) in [4.78, 5) is 34.9. The standard InChI is InChI=1S/C13H22N2O6/c1-8-5-6-15(7-10(8)16)13(21)14-9(12(19)20)3-2-4-11(17)18/h8-10,16H,2-7H2,1H3,(H,14,21)(H,17,18)(H,19,20)/t8?,9-,10?/m1/s1. The van der Waals surface area contributed by atoms with Gasteiger partial charge in [0.2, 0.25) is 0 Å². The van der Waals surface area contributed by atoms with Crippen LogP contribution in [0.1, 0.15) is 32.6 Å². The van der Waals surface area contributed by atoms with Gasteiger partial charge in [-0.3, -0.25) is 4.79 Å². The first-order chi connectivity index (χ1) is 9.81. The Hall–Kier alpha value is -1.83. The highest BCUT2D eigenvalue weighted by molar-refractivity contribution is 5.82. The maximum atomic E-state index is 12.0. The zero-order chi connectivity index (χ0) is 16.0. The van der Waals surface area contributed by atoms with Gasteiger partial charge in [-0.1, -0.05) is 6.92 Å². The molecule has 21 heavy (non-hydrogen) atoms. The third-order valence-corrected chi connectivity index (χ3v) is 3.69. The van der Waals surface area contributed by atoms with Crippen LogP contribution in [0.4, 0.5) is 4.79 Å². The lowest BCUT2D eigenvalue weighted by Gasteiger charge is -2.34. The van der Waals surface area contributed by atoms with Crippen LogP contribution in [0.15, 0.2) is 0 Å². The SMILES string of the molecule is CC1CCN(C(=O)N[C@H](CCCC(=O)O)C(=O)O)CC1O. The Kier molecular flexibility index (Phi) is 6.41. The predicted molar refractivity (Wildman–Crippen MR) is 72.8 cm³/mol. The van der Waals surface area contributed by atoms with Gasteiger partial charge < -0.3 is 25.5 Å². The number of nitrogens with one attached hydrogen (secondary N) is 1. The molecule has 8 heteroatoms. The second-order valence-electron chi connectivity index (χ2n) is 5.41. The van der Waals surface area contributed by atoms with E-state index in [1.165, 1.54) is 4.90 Å². The molecule has 1 fully saturated rings. The lowest BCUT2D eigenvalue weighted by atomic mass is 9.96. The molecule has 0 aromatic rings. The summed E-state index contributed by atoms with van der Waals surface area (Å²) in [6.07, 6.45) is 0.136. The Bertz CT molecular complexity index is 400. The predicted octanol–water partition coefficient (Wildman–Crippen LogP) is 0.107. The van der Waals surface area contributed by atoms with Crippen molar-refractivity contribution in [1.29, 1.82) is 0 Å². The highest BCUT2D eigenvalue weighted by Gasteiger charge is 2.29. The Labute approximate surface area is 122 Å². The summed E-state index contributed by atoms with van der Waals surface area (Å²) < 4.78 is 0. The fourth-order valence-electron chi connectivity index (χ4n) is 2.19. The first kappa shape index (κ1) is 17.2. The number of likely N-dealkylation sites (tertiary alicyclic amines) is 1. The fraction of sp³-hybridized carbons (Fsp3) is 0.769. The minimum Gasteiger partial charge on any atom is -0.481 e. The summed E-state index contributed by atoms with van der Waals surface area (Å²) in [7, 11) is 0. The summed E-state index contributed by atoms with van der Waals surface area (Å²) >= 11 is 0. The van der Waals surface area contributed by atoms with E-state index < -0.39 is 30.1 Å². The topological polar surface area (TPSA) is 127 Å². The van der Waals surface area contributed by atoms with E-state index >= 15 is 0 Å². The molecule has 2 amide bonds. The average Bonchev–Trinajstić information content (AvgIpc) is 2.40. The van der Waals surface area contributed by atoms with Crippen molar-refractivity contribution in [3.63, 3.8) is 0 Å². The number of rotatable bonds is 6. The van der Waals surface area contributed by atoms with Crippen molar-refractivity contribution in [3.05, 3.63) is 0 Å². The summed E-state index contributed by atoms with van der Waals surface area (Å²) in [5.74, 6) is -2.09. The molecule has 1 aliphatic heterocycles. The van der Waals surface area contributed by atoms with Gasteiger partial charge in [-0.05, 0) is 25.2 Å². The minimum absolute atomic E-state index is 0.0557. The quantitative estimate of drug-likeness (QED) is 0.551.